The summed E-state index contributed by atoms with van der Waals surface area (Å²) in [6.07, 6.45) is -5.38. The summed E-state index contributed by atoms with van der Waals surface area (Å²) in [5.74, 6) is -0.164. The van der Waals surface area contributed by atoms with Gasteiger partial charge in [0.1, 0.15) is 35.6 Å². The zero-order chi connectivity index (χ0) is 23.5. The molecule has 1 fully saturated rings. The molecule has 11 nitrogen and oxygen atoms in total. The molecule has 0 saturated carbocycles. The van der Waals surface area contributed by atoms with Crippen LogP contribution in [0, 0.1) is 0 Å². The Morgan fingerprint density at radius 2 is 1.61 bits per heavy atom. The van der Waals surface area contributed by atoms with Gasteiger partial charge in [0.15, 0.2) is 6.10 Å². The first-order valence-electron chi connectivity index (χ1n) is 9.30. The molecule has 33 heavy (non-hydrogen) atoms. The van der Waals surface area contributed by atoms with Gasteiger partial charge in [0.05, 0.1) is 6.61 Å². The van der Waals surface area contributed by atoms with Crippen molar-refractivity contribution in [1.82, 2.24) is 0 Å². The molecule has 3 rings (SSSR count). The predicted octanol–water partition coefficient (Wildman–Crippen LogP) is -3.06. The van der Waals surface area contributed by atoms with E-state index in [0.29, 0.717) is 5.56 Å². The molecule has 0 aromatic heterocycles. The topological polar surface area (TPSA) is 186 Å². The van der Waals surface area contributed by atoms with Gasteiger partial charge in [-0.3, -0.25) is 4.18 Å². The van der Waals surface area contributed by atoms with Gasteiger partial charge >= 0.3 is 51.4 Å². The number of benzene rings is 2. The average molecular weight is 509 g/mol. The Bertz CT molecular complexity index is 1060. The Labute approximate surface area is 232 Å². The molecule has 1 aliphatic heterocycles. The van der Waals surface area contributed by atoms with Gasteiger partial charge in [-0.1, -0.05) is 24.3 Å². The molecular formula is C20H21KO11S. The number of phenols is 2. The largest absolute Gasteiger partial charge is 1.00 e. The SMILES string of the molecule is O=S(=O)([O-])O[C@H]1[C@H](Oc2cc(O)cc(/C=C/c3ccc(O)cc3)c2)O[C@H](CO)[C@@H](O)[C@@H]1O.[K+]. The van der Waals surface area contributed by atoms with Gasteiger partial charge in [0, 0.05) is 6.07 Å². The Morgan fingerprint density at radius 1 is 0.970 bits per heavy atom. The summed E-state index contributed by atoms with van der Waals surface area (Å²) in [6, 6.07) is 10.3. The third kappa shape index (κ3) is 7.99. The maximum Gasteiger partial charge on any atom is 1.00 e. The molecule has 0 unspecified atom stereocenters. The number of phenolic OH excluding ortho intramolecular Hbond substituents is 2. The maximum atomic E-state index is 11.1. The second-order valence-corrected chi connectivity index (χ2v) is 7.99. The van der Waals surface area contributed by atoms with Gasteiger partial charge < -0.3 is 39.6 Å². The summed E-state index contributed by atoms with van der Waals surface area (Å²) < 4.78 is 48.2. The van der Waals surface area contributed by atoms with E-state index in [2.05, 4.69) is 4.18 Å². The van der Waals surface area contributed by atoms with E-state index < -0.39 is 47.7 Å². The van der Waals surface area contributed by atoms with Crippen molar-refractivity contribution in [1.29, 1.82) is 0 Å². The van der Waals surface area contributed by atoms with Crippen LogP contribution in [-0.2, 0) is 19.3 Å². The van der Waals surface area contributed by atoms with Crippen molar-refractivity contribution < 1.29 is 104 Å². The molecule has 0 spiro atoms. The fourth-order valence-electron chi connectivity index (χ4n) is 3.07. The van der Waals surface area contributed by atoms with Crippen LogP contribution < -0.4 is 56.1 Å². The molecular weight excluding hydrogens is 487 g/mol. The summed E-state index contributed by atoms with van der Waals surface area (Å²) in [5.41, 5.74) is 1.21. The molecule has 0 radical (unpaired) electrons. The summed E-state index contributed by atoms with van der Waals surface area (Å²) in [4.78, 5) is 0. The van der Waals surface area contributed by atoms with Gasteiger partial charge in [-0.2, -0.15) is 0 Å². The first kappa shape index (κ1) is 28.2. The van der Waals surface area contributed by atoms with E-state index in [4.69, 9.17) is 9.47 Å². The van der Waals surface area contributed by atoms with Crippen molar-refractivity contribution in [3.8, 4) is 17.2 Å². The van der Waals surface area contributed by atoms with Crippen molar-refractivity contribution in [2.75, 3.05) is 6.61 Å². The number of aliphatic hydroxyl groups excluding tert-OH is 3. The number of hydrogen-bond donors (Lipinski definition) is 5. The van der Waals surface area contributed by atoms with Crippen molar-refractivity contribution in [3.05, 3.63) is 53.6 Å². The van der Waals surface area contributed by atoms with E-state index in [-0.39, 0.29) is 68.6 Å². The molecule has 0 bridgehead atoms. The predicted molar refractivity (Wildman–Crippen MR) is 108 cm³/mol. The van der Waals surface area contributed by atoms with Crippen LogP contribution in [0.5, 0.6) is 17.2 Å². The summed E-state index contributed by atoms with van der Waals surface area (Å²) in [7, 11) is -5.31. The van der Waals surface area contributed by atoms with Gasteiger partial charge in [-0.25, -0.2) is 8.42 Å². The van der Waals surface area contributed by atoms with Gasteiger partial charge in [0.2, 0.25) is 16.7 Å². The van der Waals surface area contributed by atoms with Crippen LogP contribution in [0.1, 0.15) is 11.1 Å². The average Bonchev–Trinajstić information content (AvgIpc) is 2.72. The van der Waals surface area contributed by atoms with Crippen LogP contribution in [0.2, 0.25) is 0 Å². The van der Waals surface area contributed by atoms with E-state index in [9.17, 15) is 38.5 Å². The standard InChI is InChI=1S/C20H22O11S.K/c21-10-16-17(24)18(25)19(31-32(26,27)28)20(30-16)29-15-8-12(7-14(23)9-15)2-1-11-3-5-13(22)6-4-11;/h1-9,16-25H,10H2,(H,26,27,28);/q;+1/p-1/b2-1+;/t16-,17-,18+,19-,20-;/m1./s1. The van der Waals surface area contributed by atoms with Crippen LogP contribution in [0.3, 0.4) is 0 Å². The van der Waals surface area contributed by atoms with Gasteiger partial charge in [0.25, 0.3) is 0 Å². The van der Waals surface area contributed by atoms with E-state index in [0.717, 1.165) is 11.6 Å². The molecule has 5 N–H and O–H groups in total. The quantitative estimate of drug-likeness (QED) is 0.111. The van der Waals surface area contributed by atoms with Crippen LogP contribution in [-0.4, -0.2) is 75.8 Å². The Morgan fingerprint density at radius 3 is 2.21 bits per heavy atom. The molecule has 5 atom stereocenters. The minimum Gasteiger partial charge on any atom is -0.726 e. The van der Waals surface area contributed by atoms with Crippen LogP contribution in [0.15, 0.2) is 42.5 Å². The Kier molecular flexibility index (Phi) is 10.3. The fourth-order valence-corrected chi connectivity index (χ4v) is 3.55. The van der Waals surface area contributed by atoms with Crippen molar-refractivity contribution >= 4 is 22.6 Å². The second kappa shape index (κ2) is 12.1. The van der Waals surface area contributed by atoms with Gasteiger partial charge in [-0.15, -0.1) is 0 Å². The molecule has 0 amide bonds. The molecule has 174 valence electrons. The molecule has 2 aromatic carbocycles. The molecule has 0 aliphatic carbocycles. The second-order valence-electron chi connectivity index (χ2n) is 6.98. The fraction of sp³-hybridized carbons (Fsp3) is 0.300. The molecule has 1 heterocycles. The molecule has 1 saturated heterocycles. The first-order valence-corrected chi connectivity index (χ1v) is 10.6. The maximum absolute atomic E-state index is 11.1. The zero-order valence-corrected chi connectivity index (χ0v) is 21.3. The minimum atomic E-state index is -5.31. The summed E-state index contributed by atoms with van der Waals surface area (Å²) >= 11 is 0. The van der Waals surface area contributed by atoms with Gasteiger partial charge in [-0.05, 0) is 35.4 Å². The van der Waals surface area contributed by atoms with E-state index >= 15 is 0 Å². The number of aliphatic hydroxyl groups is 3. The molecule has 13 heteroatoms. The minimum absolute atomic E-state index is 0. The van der Waals surface area contributed by atoms with Crippen LogP contribution in [0.4, 0.5) is 0 Å². The Hall–Kier alpha value is -1.07. The first-order chi connectivity index (χ1) is 15.1. The normalized spacial score (nSPS) is 25.5. The van der Waals surface area contributed by atoms with Crippen molar-refractivity contribution in [2.45, 2.75) is 30.7 Å². The van der Waals surface area contributed by atoms with E-state index in [1.165, 1.54) is 24.3 Å². The number of ether oxygens (including phenoxy) is 2. The summed E-state index contributed by atoms with van der Waals surface area (Å²) in [6.45, 7) is -0.740. The summed E-state index contributed by atoms with van der Waals surface area (Å²) in [5, 5.41) is 48.8. The Balaban J connectivity index is 0.00000385. The molecule has 2 aromatic rings. The number of hydrogen-bond acceptors (Lipinski definition) is 11. The van der Waals surface area contributed by atoms with Crippen LogP contribution in [0.25, 0.3) is 12.2 Å². The number of aromatic hydroxyl groups is 2. The van der Waals surface area contributed by atoms with Crippen LogP contribution >= 0.6 is 0 Å². The van der Waals surface area contributed by atoms with Crippen molar-refractivity contribution in [3.63, 3.8) is 0 Å². The van der Waals surface area contributed by atoms with E-state index in [1.807, 2.05) is 0 Å². The number of rotatable bonds is 7. The van der Waals surface area contributed by atoms with Crippen molar-refractivity contribution in [2.24, 2.45) is 0 Å². The smallest absolute Gasteiger partial charge is 0.726 e. The van der Waals surface area contributed by atoms with E-state index in [1.54, 1.807) is 24.3 Å². The third-order valence-corrected chi connectivity index (χ3v) is 5.04. The zero-order valence-electron chi connectivity index (χ0n) is 17.4. The molecule has 1 aliphatic rings. The monoisotopic (exact) mass is 508 g/mol. The third-order valence-electron chi connectivity index (χ3n) is 4.58.